The third kappa shape index (κ3) is 2.75. The molecule has 1 saturated heterocycles. The Morgan fingerprint density at radius 2 is 2.20 bits per heavy atom. The van der Waals surface area contributed by atoms with E-state index in [1.165, 1.54) is 17.2 Å². The van der Waals surface area contributed by atoms with Crippen LogP contribution in [0.25, 0.3) is 0 Å². The molecule has 8 nitrogen and oxygen atoms in total. The van der Waals surface area contributed by atoms with Crippen molar-refractivity contribution in [2.24, 2.45) is 5.73 Å². The minimum Gasteiger partial charge on any atom is -0.477 e. The first kappa shape index (κ1) is 13.9. The number of nitrogens with zero attached hydrogens (tertiary/aromatic N) is 2. The molecule has 0 spiro atoms. The maximum Gasteiger partial charge on any atom is 0.354 e. The van der Waals surface area contributed by atoms with E-state index >= 15 is 0 Å². The van der Waals surface area contributed by atoms with Gasteiger partial charge in [0.05, 0.1) is 13.2 Å². The zero-order chi connectivity index (χ0) is 14.7. The van der Waals surface area contributed by atoms with Gasteiger partial charge in [0.15, 0.2) is 0 Å². The van der Waals surface area contributed by atoms with Crippen LogP contribution in [0, 0.1) is 0 Å². The third-order valence-corrected chi connectivity index (χ3v) is 2.94. The number of aromatic nitrogens is 1. The Hall–Kier alpha value is -2.48. The summed E-state index contributed by atoms with van der Waals surface area (Å²) < 4.78 is 5.12. The molecule has 1 atom stereocenters. The second-order valence-corrected chi connectivity index (χ2v) is 4.23. The Morgan fingerprint density at radius 1 is 1.45 bits per heavy atom. The molecule has 2 amide bonds. The summed E-state index contributed by atoms with van der Waals surface area (Å²) in [6.45, 7) is 0.557. The normalized spacial score (nSPS) is 18.6. The number of carbonyl (C=O) groups excluding carboxylic acids is 2. The summed E-state index contributed by atoms with van der Waals surface area (Å²) in [6, 6.07) is 1.71. The summed E-state index contributed by atoms with van der Waals surface area (Å²) in [7, 11) is 0. The van der Waals surface area contributed by atoms with Gasteiger partial charge in [0.25, 0.3) is 5.91 Å². The molecule has 1 aliphatic rings. The number of morpholine rings is 1. The first-order valence-corrected chi connectivity index (χ1v) is 5.88. The van der Waals surface area contributed by atoms with Gasteiger partial charge >= 0.3 is 5.97 Å². The fourth-order valence-electron chi connectivity index (χ4n) is 1.93. The van der Waals surface area contributed by atoms with Crippen LogP contribution in [0.5, 0.6) is 0 Å². The monoisotopic (exact) mass is 279 g/mol. The van der Waals surface area contributed by atoms with Crippen molar-refractivity contribution in [1.29, 1.82) is 0 Å². The highest BCUT2D eigenvalue weighted by Crippen LogP contribution is 2.13. The number of hydrogen-bond acceptors (Lipinski definition) is 5. The molecule has 20 heavy (non-hydrogen) atoms. The summed E-state index contributed by atoms with van der Waals surface area (Å²) in [6.07, 6.45) is 1.23. The minimum absolute atomic E-state index is 0.0396. The molecule has 1 aromatic rings. The number of primary amides is 1. The number of aromatic carboxylic acids is 1. The van der Waals surface area contributed by atoms with E-state index in [0.717, 1.165) is 6.07 Å². The van der Waals surface area contributed by atoms with Crippen LogP contribution in [-0.4, -0.2) is 58.6 Å². The Kier molecular flexibility index (Phi) is 3.94. The van der Waals surface area contributed by atoms with Crippen LogP contribution in [0.3, 0.4) is 0 Å². The van der Waals surface area contributed by atoms with Crippen molar-refractivity contribution in [1.82, 2.24) is 9.88 Å². The molecule has 2 heterocycles. The second-order valence-electron chi connectivity index (χ2n) is 4.23. The number of carboxylic acid groups (broad SMARTS) is 1. The largest absolute Gasteiger partial charge is 0.477 e. The molecule has 0 radical (unpaired) electrons. The van der Waals surface area contributed by atoms with E-state index in [9.17, 15) is 14.4 Å². The molecule has 1 fully saturated rings. The van der Waals surface area contributed by atoms with Crippen molar-refractivity contribution >= 4 is 17.8 Å². The van der Waals surface area contributed by atoms with Crippen molar-refractivity contribution in [3.8, 4) is 0 Å². The minimum atomic E-state index is -1.23. The summed E-state index contributed by atoms with van der Waals surface area (Å²) >= 11 is 0. The molecule has 8 heteroatoms. The number of carboxylic acids is 1. The van der Waals surface area contributed by atoms with Crippen molar-refractivity contribution in [2.45, 2.75) is 6.04 Å². The molecular formula is C12H13N3O5. The molecule has 0 saturated carbocycles. The standard InChI is InChI=1S/C12H13N3O5/c13-10(16)9-6-20-4-3-15(9)11(17)7-1-2-14-8(5-7)12(18)19/h1-2,5,9H,3-4,6H2,(H2,13,16)(H,18,19). The van der Waals surface area contributed by atoms with Crippen molar-refractivity contribution in [3.05, 3.63) is 29.6 Å². The van der Waals surface area contributed by atoms with Crippen molar-refractivity contribution in [2.75, 3.05) is 19.8 Å². The van der Waals surface area contributed by atoms with E-state index in [2.05, 4.69) is 4.98 Å². The van der Waals surface area contributed by atoms with Crippen LogP contribution in [0.2, 0.25) is 0 Å². The van der Waals surface area contributed by atoms with E-state index in [4.69, 9.17) is 15.6 Å². The lowest BCUT2D eigenvalue weighted by atomic mass is 10.1. The van der Waals surface area contributed by atoms with Gasteiger partial charge in [-0.05, 0) is 12.1 Å². The highest BCUT2D eigenvalue weighted by Gasteiger charge is 2.32. The fourth-order valence-corrected chi connectivity index (χ4v) is 1.93. The number of pyridine rings is 1. The van der Waals surface area contributed by atoms with E-state index in [0.29, 0.717) is 6.61 Å². The van der Waals surface area contributed by atoms with Gasteiger partial charge in [-0.1, -0.05) is 0 Å². The molecule has 0 bridgehead atoms. The predicted octanol–water partition coefficient (Wildman–Crippen LogP) is -0.894. The number of ether oxygens (including phenoxy) is 1. The number of amides is 2. The van der Waals surface area contributed by atoms with E-state index < -0.39 is 23.8 Å². The SMILES string of the molecule is NC(=O)C1COCCN1C(=O)c1ccnc(C(=O)O)c1. The average molecular weight is 279 g/mol. The quantitative estimate of drug-likeness (QED) is 0.739. The zero-order valence-corrected chi connectivity index (χ0v) is 10.5. The van der Waals surface area contributed by atoms with Gasteiger partial charge in [0.1, 0.15) is 11.7 Å². The molecule has 0 aromatic carbocycles. The van der Waals surface area contributed by atoms with Gasteiger partial charge in [-0.2, -0.15) is 0 Å². The van der Waals surface area contributed by atoms with Gasteiger partial charge < -0.3 is 20.5 Å². The molecule has 1 unspecified atom stereocenters. The summed E-state index contributed by atoms with van der Waals surface area (Å²) in [5, 5.41) is 8.86. The first-order chi connectivity index (χ1) is 9.50. The molecule has 0 aliphatic carbocycles. The summed E-state index contributed by atoms with van der Waals surface area (Å²) in [4.78, 5) is 39.4. The Labute approximate surface area is 114 Å². The smallest absolute Gasteiger partial charge is 0.354 e. The van der Waals surface area contributed by atoms with E-state index in [1.54, 1.807) is 0 Å². The van der Waals surface area contributed by atoms with Gasteiger partial charge in [-0.3, -0.25) is 9.59 Å². The molecular weight excluding hydrogens is 266 g/mol. The van der Waals surface area contributed by atoms with Gasteiger partial charge in [0.2, 0.25) is 5.91 Å². The van der Waals surface area contributed by atoms with E-state index in [-0.39, 0.29) is 24.4 Å². The van der Waals surface area contributed by atoms with E-state index in [1.807, 2.05) is 0 Å². The summed E-state index contributed by atoms with van der Waals surface area (Å²) in [5.41, 5.74) is 5.14. The molecule has 106 valence electrons. The number of nitrogens with two attached hydrogens (primary N) is 1. The Bertz CT molecular complexity index is 560. The molecule has 3 N–H and O–H groups in total. The second kappa shape index (κ2) is 5.66. The van der Waals surface area contributed by atoms with Gasteiger partial charge in [0, 0.05) is 18.3 Å². The zero-order valence-electron chi connectivity index (χ0n) is 10.5. The van der Waals surface area contributed by atoms with Crippen LogP contribution < -0.4 is 5.73 Å². The maximum atomic E-state index is 12.3. The van der Waals surface area contributed by atoms with Crippen LogP contribution >= 0.6 is 0 Å². The first-order valence-electron chi connectivity index (χ1n) is 5.88. The fraction of sp³-hybridized carbons (Fsp3) is 0.333. The maximum absolute atomic E-state index is 12.3. The van der Waals surface area contributed by atoms with Crippen LogP contribution in [0.15, 0.2) is 18.3 Å². The Morgan fingerprint density at radius 3 is 2.85 bits per heavy atom. The highest BCUT2D eigenvalue weighted by molar-refractivity contribution is 5.99. The number of hydrogen-bond donors (Lipinski definition) is 2. The van der Waals surface area contributed by atoms with Gasteiger partial charge in [-0.15, -0.1) is 0 Å². The lowest BCUT2D eigenvalue weighted by Crippen LogP contribution is -2.54. The van der Waals surface area contributed by atoms with Crippen molar-refractivity contribution in [3.63, 3.8) is 0 Å². The third-order valence-electron chi connectivity index (χ3n) is 2.94. The van der Waals surface area contributed by atoms with Crippen LogP contribution in [0.1, 0.15) is 20.8 Å². The lowest BCUT2D eigenvalue weighted by Gasteiger charge is -2.33. The summed E-state index contributed by atoms with van der Waals surface area (Å²) in [5.74, 6) is -2.36. The molecule has 2 rings (SSSR count). The number of carbonyl (C=O) groups is 3. The highest BCUT2D eigenvalue weighted by atomic mass is 16.5. The lowest BCUT2D eigenvalue weighted by molar-refractivity contribution is -0.127. The van der Waals surface area contributed by atoms with Crippen LogP contribution in [0.4, 0.5) is 0 Å². The van der Waals surface area contributed by atoms with Crippen molar-refractivity contribution < 1.29 is 24.2 Å². The topological polar surface area (TPSA) is 123 Å². The predicted molar refractivity (Wildman–Crippen MR) is 66.0 cm³/mol. The number of rotatable bonds is 3. The molecule has 1 aliphatic heterocycles. The molecule has 1 aromatic heterocycles. The average Bonchev–Trinajstić information content (AvgIpc) is 2.46. The van der Waals surface area contributed by atoms with Gasteiger partial charge in [-0.25, -0.2) is 9.78 Å². The van der Waals surface area contributed by atoms with Crippen LogP contribution in [-0.2, 0) is 9.53 Å². The Balaban J connectivity index is 2.27.